The van der Waals surface area contributed by atoms with Crippen molar-refractivity contribution in [2.24, 2.45) is 11.3 Å². The highest BCUT2D eigenvalue weighted by molar-refractivity contribution is 5.95. The first-order chi connectivity index (χ1) is 11.5. The molecule has 1 aliphatic carbocycles. The second-order valence-electron chi connectivity index (χ2n) is 8.10. The fourth-order valence-corrected chi connectivity index (χ4v) is 3.82. The van der Waals surface area contributed by atoms with Crippen molar-refractivity contribution in [2.75, 3.05) is 19.7 Å². The van der Waals surface area contributed by atoms with Gasteiger partial charge in [0.05, 0.1) is 17.5 Å². The van der Waals surface area contributed by atoms with Gasteiger partial charge in [0.1, 0.15) is 0 Å². The van der Waals surface area contributed by atoms with Crippen LogP contribution in [0.4, 0.5) is 0 Å². The fourth-order valence-electron chi connectivity index (χ4n) is 3.82. The summed E-state index contributed by atoms with van der Waals surface area (Å²) in [5, 5.41) is 14.2. The van der Waals surface area contributed by atoms with Crippen LogP contribution in [-0.2, 0) is 6.54 Å². The van der Waals surface area contributed by atoms with Gasteiger partial charge in [-0.25, -0.2) is 0 Å². The lowest BCUT2D eigenvalue weighted by Crippen LogP contribution is -2.44. The van der Waals surface area contributed by atoms with Gasteiger partial charge in [-0.15, -0.1) is 0 Å². The molecule has 134 valence electrons. The number of aliphatic hydroxyl groups excluding tert-OH is 1. The van der Waals surface area contributed by atoms with Crippen molar-refractivity contribution in [1.82, 2.24) is 14.7 Å². The first-order valence-electron chi connectivity index (χ1n) is 9.45. The van der Waals surface area contributed by atoms with Crippen molar-refractivity contribution >= 4 is 5.91 Å². The van der Waals surface area contributed by atoms with Crippen molar-refractivity contribution in [3.8, 4) is 0 Å². The van der Waals surface area contributed by atoms with Crippen LogP contribution < -0.4 is 0 Å². The average Bonchev–Trinajstić information content (AvgIpc) is 3.35. The molecule has 5 nitrogen and oxygen atoms in total. The van der Waals surface area contributed by atoms with Crippen LogP contribution in [0.15, 0.2) is 6.20 Å². The summed E-state index contributed by atoms with van der Waals surface area (Å²) in [5.41, 5.74) is 1.98. The topological polar surface area (TPSA) is 58.4 Å². The molecule has 0 unspecified atom stereocenters. The minimum absolute atomic E-state index is 0.0118. The van der Waals surface area contributed by atoms with Gasteiger partial charge in [-0.1, -0.05) is 20.8 Å². The van der Waals surface area contributed by atoms with Gasteiger partial charge in [0.2, 0.25) is 0 Å². The lowest BCUT2D eigenvalue weighted by molar-refractivity contribution is 0.0337. The molecule has 1 amide bonds. The molecule has 1 N–H and O–H groups in total. The molecule has 3 rings (SSSR count). The van der Waals surface area contributed by atoms with Crippen LogP contribution in [0.3, 0.4) is 0 Å². The van der Waals surface area contributed by atoms with E-state index in [1.165, 1.54) is 12.8 Å². The molecule has 1 aromatic heterocycles. The number of piperidine rings is 1. The monoisotopic (exact) mass is 333 g/mol. The molecule has 2 aliphatic rings. The Morgan fingerprint density at radius 2 is 2.04 bits per heavy atom. The van der Waals surface area contributed by atoms with Crippen LogP contribution in [0.25, 0.3) is 0 Å². The molecule has 0 spiro atoms. The highest BCUT2D eigenvalue weighted by Gasteiger charge is 2.37. The molecule has 24 heavy (non-hydrogen) atoms. The van der Waals surface area contributed by atoms with Crippen molar-refractivity contribution < 1.29 is 9.90 Å². The summed E-state index contributed by atoms with van der Waals surface area (Å²) in [6, 6.07) is 0. The lowest BCUT2D eigenvalue weighted by atomic mass is 9.77. The highest BCUT2D eigenvalue weighted by Crippen LogP contribution is 2.42. The maximum atomic E-state index is 13.0. The summed E-state index contributed by atoms with van der Waals surface area (Å²) in [6.07, 6.45) is 6.90. The van der Waals surface area contributed by atoms with Crippen molar-refractivity contribution in [1.29, 1.82) is 0 Å². The van der Waals surface area contributed by atoms with E-state index in [0.29, 0.717) is 11.8 Å². The molecule has 0 bridgehead atoms. The van der Waals surface area contributed by atoms with E-state index >= 15 is 0 Å². The fraction of sp³-hybridized carbons (Fsp3) is 0.789. The Morgan fingerprint density at radius 1 is 1.38 bits per heavy atom. The summed E-state index contributed by atoms with van der Waals surface area (Å²) >= 11 is 0. The van der Waals surface area contributed by atoms with E-state index < -0.39 is 0 Å². The van der Waals surface area contributed by atoms with Gasteiger partial charge < -0.3 is 10.0 Å². The molecule has 0 radical (unpaired) electrons. The number of hydrogen-bond acceptors (Lipinski definition) is 3. The lowest BCUT2D eigenvalue weighted by Gasteiger charge is -2.40. The number of nitrogens with zero attached hydrogens (tertiary/aromatic N) is 3. The van der Waals surface area contributed by atoms with E-state index in [2.05, 4.69) is 30.6 Å². The predicted octanol–water partition coefficient (Wildman–Crippen LogP) is 3.04. The number of aromatic nitrogens is 2. The van der Waals surface area contributed by atoms with E-state index in [4.69, 9.17) is 0 Å². The number of amides is 1. The summed E-state index contributed by atoms with van der Waals surface area (Å²) in [7, 11) is 0. The SMILES string of the molecule is CCC1(CO)CCN(C(=O)c2cnn(CC(C)C)c2C2CC2)CC1. The Kier molecular flexibility index (Phi) is 5.00. The zero-order valence-corrected chi connectivity index (χ0v) is 15.3. The molecule has 5 heteroatoms. The van der Waals surface area contributed by atoms with Crippen LogP contribution in [0.1, 0.15) is 74.8 Å². The number of likely N-dealkylation sites (tertiary alicyclic amines) is 1. The zero-order valence-electron chi connectivity index (χ0n) is 15.3. The molecule has 2 fully saturated rings. The van der Waals surface area contributed by atoms with Gasteiger partial charge in [-0.2, -0.15) is 5.10 Å². The predicted molar refractivity (Wildman–Crippen MR) is 94.0 cm³/mol. The van der Waals surface area contributed by atoms with E-state index in [9.17, 15) is 9.90 Å². The first kappa shape index (κ1) is 17.5. The molecule has 1 aliphatic heterocycles. The molecular formula is C19H31N3O2. The normalized spacial score (nSPS) is 20.6. The van der Waals surface area contributed by atoms with Crippen molar-refractivity contribution in [2.45, 2.75) is 65.3 Å². The summed E-state index contributed by atoms with van der Waals surface area (Å²) in [6.45, 7) is 9.09. The van der Waals surface area contributed by atoms with Gasteiger partial charge in [0.15, 0.2) is 0 Å². The molecule has 0 aromatic carbocycles. The zero-order chi connectivity index (χ0) is 17.3. The number of aliphatic hydroxyl groups is 1. The third kappa shape index (κ3) is 3.37. The van der Waals surface area contributed by atoms with E-state index in [1.54, 1.807) is 6.20 Å². The Balaban J connectivity index is 1.75. The maximum absolute atomic E-state index is 13.0. The maximum Gasteiger partial charge on any atom is 0.257 e. The van der Waals surface area contributed by atoms with Gasteiger partial charge in [0, 0.05) is 32.2 Å². The Labute approximate surface area is 145 Å². The second kappa shape index (κ2) is 6.87. The minimum atomic E-state index is 0.0118. The van der Waals surface area contributed by atoms with Gasteiger partial charge in [0.25, 0.3) is 5.91 Å². The van der Waals surface area contributed by atoms with Crippen LogP contribution in [0.2, 0.25) is 0 Å². The summed E-state index contributed by atoms with van der Waals surface area (Å²) in [4.78, 5) is 15.0. The largest absolute Gasteiger partial charge is 0.396 e. The number of rotatable bonds is 6. The Morgan fingerprint density at radius 3 is 2.54 bits per heavy atom. The molecule has 1 saturated heterocycles. The number of carbonyl (C=O) groups is 1. The molecule has 1 saturated carbocycles. The van der Waals surface area contributed by atoms with E-state index in [1.807, 2.05) is 4.90 Å². The van der Waals surface area contributed by atoms with E-state index in [-0.39, 0.29) is 17.9 Å². The van der Waals surface area contributed by atoms with Crippen LogP contribution in [0.5, 0.6) is 0 Å². The van der Waals surface area contributed by atoms with Gasteiger partial charge in [-0.3, -0.25) is 9.48 Å². The standard InChI is InChI=1S/C19H31N3O2/c1-4-19(13-23)7-9-21(10-8-19)18(24)16-11-20-22(12-14(2)3)17(16)15-5-6-15/h11,14-15,23H,4-10,12-13H2,1-3H3. The van der Waals surface area contributed by atoms with Gasteiger partial charge >= 0.3 is 0 Å². The Bertz CT molecular complexity index is 575. The molecule has 2 heterocycles. The average molecular weight is 333 g/mol. The Hall–Kier alpha value is -1.36. The third-order valence-electron chi connectivity index (χ3n) is 5.81. The number of hydrogen-bond donors (Lipinski definition) is 1. The first-order valence-corrected chi connectivity index (χ1v) is 9.45. The quantitative estimate of drug-likeness (QED) is 0.870. The van der Waals surface area contributed by atoms with Crippen LogP contribution in [0, 0.1) is 11.3 Å². The van der Waals surface area contributed by atoms with Gasteiger partial charge in [-0.05, 0) is 43.4 Å². The smallest absolute Gasteiger partial charge is 0.257 e. The second-order valence-corrected chi connectivity index (χ2v) is 8.10. The van der Waals surface area contributed by atoms with Crippen molar-refractivity contribution in [3.63, 3.8) is 0 Å². The minimum Gasteiger partial charge on any atom is -0.396 e. The number of carbonyl (C=O) groups excluding carboxylic acids is 1. The summed E-state index contributed by atoms with van der Waals surface area (Å²) in [5.74, 6) is 1.17. The summed E-state index contributed by atoms with van der Waals surface area (Å²) < 4.78 is 2.06. The van der Waals surface area contributed by atoms with Crippen LogP contribution in [-0.4, -0.2) is 45.4 Å². The molecular weight excluding hydrogens is 302 g/mol. The van der Waals surface area contributed by atoms with Crippen LogP contribution >= 0.6 is 0 Å². The highest BCUT2D eigenvalue weighted by atomic mass is 16.3. The third-order valence-corrected chi connectivity index (χ3v) is 5.81. The van der Waals surface area contributed by atoms with E-state index in [0.717, 1.165) is 50.2 Å². The molecule has 0 atom stereocenters. The van der Waals surface area contributed by atoms with Crippen molar-refractivity contribution in [3.05, 3.63) is 17.5 Å². The molecule has 1 aromatic rings.